The van der Waals surface area contributed by atoms with E-state index in [1.807, 2.05) is 0 Å². The molecule has 112 valence electrons. The first kappa shape index (κ1) is 16.0. The van der Waals surface area contributed by atoms with Gasteiger partial charge in [0, 0.05) is 12.1 Å². The second-order valence-electron chi connectivity index (χ2n) is 3.75. The molecule has 0 spiro atoms. The number of nitro groups is 1. The van der Waals surface area contributed by atoms with E-state index >= 15 is 0 Å². The van der Waals surface area contributed by atoms with E-state index in [2.05, 4.69) is 20.7 Å². The van der Waals surface area contributed by atoms with Crippen LogP contribution in [0, 0.1) is 10.1 Å². The Hall–Kier alpha value is -1.36. The molecule has 0 amide bonds. The maximum Gasteiger partial charge on any atom is 0.271 e. The van der Waals surface area contributed by atoms with Crippen LogP contribution in [0.2, 0.25) is 5.02 Å². The number of thiophene rings is 1. The number of benzene rings is 1. The average Bonchev–Trinajstić information content (AvgIpc) is 2.73. The van der Waals surface area contributed by atoms with Crippen molar-refractivity contribution in [3.8, 4) is 5.75 Å². The summed E-state index contributed by atoms with van der Waals surface area (Å²) in [5.41, 5.74) is -0.638. The van der Waals surface area contributed by atoms with E-state index in [1.54, 1.807) is 0 Å². The van der Waals surface area contributed by atoms with Crippen LogP contribution in [0.1, 0.15) is 0 Å². The van der Waals surface area contributed by atoms with Gasteiger partial charge in [-0.15, -0.1) is 11.3 Å². The average molecular weight is 414 g/mol. The zero-order chi connectivity index (χ0) is 15.8. The molecule has 21 heavy (non-hydrogen) atoms. The summed E-state index contributed by atoms with van der Waals surface area (Å²) < 4.78 is 26.7. The summed E-state index contributed by atoms with van der Waals surface area (Å²) in [6.07, 6.45) is 0. The molecule has 1 aromatic carbocycles. The number of sulfonamides is 1. The van der Waals surface area contributed by atoms with Gasteiger partial charge in [0.2, 0.25) is 0 Å². The Labute approximate surface area is 136 Å². The Balaban J connectivity index is 2.41. The lowest BCUT2D eigenvalue weighted by molar-refractivity contribution is -0.384. The Kier molecular flexibility index (Phi) is 4.42. The molecule has 0 bridgehead atoms. The number of phenolic OH excluding ortho intramolecular Hbond substituents is 1. The number of phenols is 1. The van der Waals surface area contributed by atoms with Gasteiger partial charge in [-0.05, 0) is 28.1 Å². The first-order chi connectivity index (χ1) is 9.70. The third kappa shape index (κ3) is 3.46. The number of nitro benzene ring substituents is 1. The van der Waals surface area contributed by atoms with Gasteiger partial charge in [-0.3, -0.25) is 14.8 Å². The number of nitrogens with one attached hydrogen (secondary N) is 1. The smallest absolute Gasteiger partial charge is 0.271 e. The Morgan fingerprint density at radius 2 is 2.05 bits per heavy atom. The predicted molar refractivity (Wildman–Crippen MR) is 82.6 cm³/mol. The first-order valence-electron chi connectivity index (χ1n) is 5.16. The minimum atomic E-state index is -4.01. The molecule has 7 nitrogen and oxygen atoms in total. The lowest BCUT2D eigenvalue weighted by atomic mass is 10.2. The van der Waals surface area contributed by atoms with Gasteiger partial charge in [-0.25, -0.2) is 8.42 Å². The highest BCUT2D eigenvalue weighted by Gasteiger charge is 2.21. The lowest BCUT2D eigenvalue weighted by Crippen LogP contribution is -2.11. The van der Waals surface area contributed by atoms with E-state index in [4.69, 9.17) is 11.6 Å². The minimum absolute atomic E-state index is 0.0923. The summed E-state index contributed by atoms with van der Waals surface area (Å²) in [6.45, 7) is 0. The SMILES string of the molecule is O=[N+]([O-])c1ccc(O)c(NS(=O)(=O)c2cc(Cl)c(Br)s2)c1. The molecule has 0 unspecified atom stereocenters. The van der Waals surface area contributed by atoms with E-state index in [0.717, 1.165) is 29.5 Å². The third-order valence-corrected chi connectivity index (χ3v) is 6.64. The fourth-order valence-electron chi connectivity index (χ4n) is 1.37. The van der Waals surface area contributed by atoms with Crippen molar-refractivity contribution in [1.29, 1.82) is 0 Å². The van der Waals surface area contributed by atoms with Gasteiger partial charge in [0.05, 0.1) is 19.4 Å². The second-order valence-corrected chi connectivity index (χ2v) is 8.44. The normalized spacial score (nSPS) is 11.3. The summed E-state index contributed by atoms with van der Waals surface area (Å²) in [5, 5.41) is 20.5. The molecule has 0 atom stereocenters. The van der Waals surface area contributed by atoms with Crippen molar-refractivity contribution in [3.05, 3.63) is 43.2 Å². The van der Waals surface area contributed by atoms with E-state index < -0.39 is 20.7 Å². The van der Waals surface area contributed by atoms with E-state index in [-0.39, 0.29) is 20.6 Å². The molecule has 0 radical (unpaired) electrons. The van der Waals surface area contributed by atoms with Crippen molar-refractivity contribution in [2.24, 2.45) is 0 Å². The maximum atomic E-state index is 12.1. The second kappa shape index (κ2) is 5.79. The molecular weight excluding hydrogens is 408 g/mol. The van der Waals surface area contributed by atoms with Crippen molar-refractivity contribution in [2.45, 2.75) is 4.21 Å². The molecule has 1 aromatic heterocycles. The zero-order valence-corrected chi connectivity index (χ0v) is 13.9. The van der Waals surface area contributed by atoms with Gasteiger partial charge >= 0.3 is 0 Å². The van der Waals surface area contributed by atoms with Gasteiger partial charge in [0.15, 0.2) is 0 Å². The number of halogens is 2. The van der Waals surface area contributed by atoms with Gasteiger partial charge in [0.1, 0.15) is 9.96 Å². The molecule has 2 N–H and O–H groups in total. The summed E-state index contributed by atoms with van der Waals surface area (Å²) in [4.78, 5) is 9.97. The summed E-state index contributed by atoms with van der Waals surface area (Å²) in [5.74, 6) is -0.425. The molecule has 11 heteroatoms. The zero-order valence-electron chi connectivity index (χ0n) is 9.91. The van der Waals surface area contributed by atoms with Crippen molar-refractivity contribution >= 4 is 60.3 Å². The fourth-order valence-corrected chi connectivity index (χ4v) is 4.84. The van der Waals surface area contributed by atoms with Crippen LogP contribution in [0.15, 0.2) is 32.3 Å². The molecule has 2 rings (SSSR count). The van der Waals surface area contributed by atoms with Crippen molar-refractivity contribution in [3.63, 3.8) is 0 Å². The van der Waals surface area contributed by atoms with Gasteiger partial charge in [0.25, 0.3) is 15.7 Å². The number of non-ortho nitro benzene ring substituents is 1. The molecule has 0 aliphatic rings. The number of aromatic hydroxyl groups is 1. The molecule has 0 aliphatic heterocycles. The van der Waals surface area contributed by atoms with Crippen LogP contribution in [-0.2, 0) is 10.0 Å². The molecule has 0 saturated heterocycles. The van der Waals surface area contributed by atoms with Crippen LogP contribution < -0.4 is 4.72 Å². The first-order valence-corrected chi connectivity index (χ1v) is 8.63. The standard InChI is InChI=1S/C10H6BrClN2O5S2/c11-10-6(12)4-9(20-10)21(18,19)13-7-3-5(14(16)17)1-2-8(7)15/h1-4,13,15H. The number of hydrogen-bond acceptors (Lipinski definition) is 6. The highest BCUT2D eigenvalue weighted by Crippen LogP contribution is 2.36. The molecule has 2 aromatic rings. The Morgan fingerprint density at radius 3 is 2.57 bits per heavy atom. The van der Waals surface area contributed by atoms with Gasteiger partial charge in [-0.2, -0.15) is 0 Å². The third-order valence-electron chi connectivity index (χ3n) is 2.32. The van der Waals surface area contributed by atoms with Gasteiger partial charge < -0.3 is 5.11 Å². The number of hydrogen-bond donors (Lipinski definition) is 2. The van der Waals surface area contributed by atoms with Crippen LogP contribution in [0.5, 0.6) is 5.75 Å². The lowest BCUT2D eigenvalue weighted by Gasteiger charge is -2.07. The fraction of sp³-hybridized carbons (Fsp3) is 0. The molecule has 0 fully saturated rings. The molecule has 1 heterocycles. The Bertz CT molecular complexity index is 801. The van der Waals surface area contributed by atoms with Crippen LogP contribution in [0.3, 0.4) is 0 Å². The van der Waals surface area contributed by atoms with E-state index in [0.29, 0.717) is 3.79 Å². The van der Waals surface area contributed by atoms with Crippen molar-refractivity contribution in [2.75, 3.05) is 4.72 Å². The molecule has 0 saturated carbocycles. The van der Waals surface area contributed by atoms with Crippen LogP contribution in [0.4, 0.5) is 11.4 Å². The summed E-state index contributed by atoms with van der Waals surface area (Å²) in [6, 6.07) is 4.25. The number of rotatable bonds is 4. The van der Waals surface area contributed by atoms with Crippen LogP contribution >= 0.6 is 38.9 Å². The predicted octanol–water partition coefficient (Wildman–Crippen LogP) is 3.58. The highest BCUT2D eigenvalue weighted by molar-refractivity contribution is 9.11. The number of nitrogens with zero attached hydrogens (tertiary/aromatic N) is 1. The highest BCUT2D eigenvalue weighted by atomic mass is 79.9. The quantitative estimate of drug-likeness (QED) is 0.452. The van der Waals surface area contributed by atoms with Crippen LogP contribution in [-0.4, -0.2) is 18.4 Å². The molecular formula is C10H6BrClN2O5S2. The van der Waals surface area contributed by atoms with E-state index in [1.165, 1.54) is 6.07 Å². The Morgan fingerprint density at radius 1 is 1.38 bits per heavy atom. The van der Waals surface area contributed by atoms with E-state index in [9.17, 15) is 23.6 Å². The minimum Gasteiger partial charge on any atom is -0.506 e. The van der Waals surface area contributed by atoms with Gasteiger partial charge in [-0.1, -0.05) is 11.6 Å². The monoisotopic (exact) mass is 412 g/mol. The van der Waals surface area contributed by atoms with Crippen LogP contribution in [0.25, 0.3) is 0 Å². The molecule has 0 aliphatic carbocycles. The largest absolute Gasteiger partial charge is 0.506 e. The van der Waals surface area contributed by atoms with Crippen molar-refractivity contribution < 1.29 is 18.4 Å². The maximum absolute atomic E-state index is 12.1. The number of anilines is 1. The summed E-state index contributed by atoms with van der Waals surface area (Å²) >= 11 is 9.74. The van der Waals surface area contributed by atoms with Crippen molar-refractivity contribution in [1.82, 2.24) is 0 Å². The topological polar surface area (TPSA) is 110 Å². The summed E-state index contributed by atoms with van der Waals surface area (Å²) in [7, 11) is -4.01.